The number of rotatable bonds is 4. The minimum absolute atomic E-state index is 0.0429. The van der Waals surface area contributed by atoms with Crippen LogP contribution in [0.2, 0.25) is 0 Å². The number of ether oxygens (including phenoxy) is 1. The highest BCUT2D eigenvalue weighted by molar-refractivity contribution is 7.11. The molecule has 2 rings (SSSR count). The highest BCUT2D eigenvalue weighted by Crippen LogP contribution is 2.34. The van der Waals surface area contributed by atoms with E-state index in [-0.39, 0.29) is 11.5 Å². The van der Waals surface area contributed by atoms with Crippen LogP contribution in [-0.4, -0.2) is 36.1 Å². The van der Waals surface area contributed by atoms with Gasteiger partial charge in [0.25, 0.3) is 0 Å². The van der Waals surface area contributed by atoms with Crippen LogP contribution in [0.15, 0.2) is 0 Å². The Bertz CT molecular complexity index is 437. The van der Waals surface area contributed by atoms with Gasteiger partial charge in [0.1, 0.15) is 11.1 Å². The summed E-state index contributed by atoms with van der Waals surface area (Å²) in [4.78, 5) is 8.52. The Morgan fingerprint density at radius 1 is 1.45 bits per heavy atom. The van der Waals surface area contributed by atoms with Gasteiger partial charge in [-0.3, -0.25) is 4.90 Å². The van der Waals surface area contributed by atoms with Crippen molar-refractivity contribution in [3.05, 3.63) is 15.6 Å². The van der Waals surface area contributed by atoms with Gasteiger partial charge in [0, 0.05) is 29.9 Å². The van der Waals surface area contributed by atoms with E-state index in [0.29, 0.717) is 6.54 Å². The van der Waals surface area contributed by atoms with Crippen LogP contribution in [0.25, 0.3) is 0 Å². The van der Waals surface area contributed by atoms with E-state index >= 15 is 0 Å². The molecule has 1 aromatic rings. The van der Waals surface area contributed by atoms with E-state index in [2.05, 4.69) is 32.6 Å². The first kappa shape index (κ1) is 15.9. The highest BCUT2D eigenvalue weighted by atomic mass is 32.1. The molecule has 0 aromatic carbocycles. The first-order chi connectivity index (χ1) is 9.45. The van der Waals surface area contributed by atoms with Crippen molar-refractivity contribution < 1.29 is 4.74 Å². The number of hydrogen-bond acceptors (Lipinski definition) is 5. The van der Waals surface area contributed by atoms with Crippen molar-refractivity contribution in [2.45, 2.75) is 52.2 Å². The molecule has 4 nitrogen and oxygen atoms in total. The average Bonchev–Trinajstić information content (AvgIpc) is 2.83. The highest BCUT2D eigenvalue weighted by Gasteiger charge is 2.28. The maximum atomic E-state index is 5.93. The van der Waals surface area contributed by atoms with E-state index in [1.54, 1.807) is 11.3 Å². The third-order valence-corrected chi connectivity index (χ3v) is 4.75. The molecular weight excluding hydrogens is 270 g/mol. The van der Waals surface area contributed by atoms with E-state index in [1.165, 1.54) is 11.3 Å². The van der Waals surface area contributed by atoms with Gasteiger partial charge in [-0.25, -0.2) is 4.98 Å². The van der Waals surface area contributed by atoms with Crippen LogP contribution in [0.4, 0.5) is 0 Å². The summed E-state index contributed by atoms with van der Waals surface area (Å²) in [5.74, 6) is 0. The number of nitrogens with two attached hydrogens (primary N) is 1. The summed E-state index contributed by atoms with van der Waals surface area (Å²) < 4.78 is 5.93. The molecule has 0 radical (unpaired) electrons. The van der Waals surface area contributed by atoms with Crippen molar-refractivity contribution in [3.8, 4) is 0 Å². The van der Waals surface area contributed by atoms with E-state index < -0.39 is 0 Å². The number of morpholine rings is 1. The van der Waals surface area contributed by atoms with Crippen molar-refractivity contribution in [1.82, 2.24) is 9.88 Å². The molecule has 1 unspecified atom stereocenters. The summed E-state index contributed by atoms with van der Waals surface area (Å²) in [7, 11) is 0. The predicted octanol–water partition coefficient (Wildman–Crippen LogP) is 2.68. The molecule has 2 heterocycles. The van der Waals surface area contributed by atoms with Crippen LogP contribution in [0.1, 0.15) is 55.8 Å². The predicted molar refractivity (Wildman–Crippen MR) is 84.1 cm³/mol. The van der Waals surface area contributed by atoms with Crippen LogP contribution in [-0.2, 0) is 16.7 Å². The van der Waals surface area contributed by atoms with Crippen molar-refractivity contribution in [2.24, 2.45) is 5.73 Å². The van der Waals surface area contributed by atoms with Gasteiger partial charge in [-0.05, 0) is 13.0 Å². The number of hydrogen-bond donors (Lipinski definition) is 1. The molecule has 0 bridgehead atoms. The monoisotopic (exact) mass is 297 g/mol. The zero-order chi connectivity index (χ0) is 14.8. The maximum absolute atomic E-state index is 5.93. The second-order valence-electron chi connectivity index (χ2n) is 6.44. The van der Waals surface area contributed by atoms with Crippen LogP contribution < -0.4 is 5.73 Å². The molecule has 0 saturated carbocycles. The second kappa shape index (κ2) is 6.52. The topological polar surface area (TPSA) is 51.4 Å². The van der Waals surface area contributed by atoms with Crippen LogP contribution in [0.3, 0.4) is 0 Å². The van der Waals surface area contributed by atoms with Gasteiger partial charge in [-0.2, -0.15) is 0 Å². The van der Waals surface area contributed by atoms with Gasteiger partial charge in [0.15, 0.2) is 0 Å². The lowest BCUT2D eigenvalue weighted by atomic mass is 9.91. The van der Waals surface area contributed by atoms with Gasteiger partial charge in [-0.1, -0.05) is 27.7 Å². The fourth-order valence-electron chi connectivity index (χ4n) is 2.60. The minimum atomic E-state index is 0.0429. The molecule has 20 heavy (non-hydrogen) atoms. The van der Waals surface area contributed by atoms with Crippen LogP contribution >= 0.6 is 11.3 Å². The van der Waals surface area contributed by atoms with Gasteiger partial charge in [0.05, 0.1) is 12.3 Å². The zero-order valence-electron chi connectivity index (χ0n) is 13.1. The fourth-order valence-corrected chi connectivity index (χ4v) is 3.80. The zero-order valence-corrected chi connectivity index (χ0v) is 13.9. The molecule has 0 amide bonds. The van der Waals surface area contributed by atoms with Gasteiger partial charge in [-0.15, -0.1) is 11.3 Å². The minimum Gasteiger partial charge on any atom is -0.368 e. The van der Waals surface area contributed by atoms with Gasteiger partial charge in [0.2, 0.25) is 0 Å². The molecule has 2 N–H and O–H groups in total. The Morgan fingerprint density at radius 3 is 2.75 bits per heavy atom. The SMILES string of the molecule is CCCN1CCOC(c2nc(C(C)(C)C)c(CN)s2)C1. The number of aromatic nitrogens is 1. The average molecular weight is 297 g/mol. The van der Waals surface area contributed by atoms with E-state index in [9.17, 15) is 0 Å². The Hall–Kier alpha value is -0.490. The maximum Gasteiger partial charge on any atom is 0.123 e. The molecule has 0 aliphatic carbocycles. The normalized spacial score (nSPS) is 21.4. The van der Waals surface area contributed by atoms with Gasteiger partial charge < -0.3 is 10.5 Å². The number of thiazole rings is 1. The Labute approximate surface area is 126 Å². The smallest absolute Gasteiger partial charge is 0.123 e. The quantitative estimate of drug-likeness (QED) is 0.928. The lowest BCUT2D eigenvalue weighted by molar-refractivity contribution is -0.0300. The molecule has 1 saturated heterocycles. The Balaban J connectivity index is 2.18. The molecule has 1 aliphatic heterocycles. The second-order valence-corrected chi connectivity index (χ2v) is 7.55. The summed E-state index contributed by atoms with van der Waals surface area (Å²) in [5, 5.41) is 1.09. The Kier molecular flexibility index (Phi) is 5.18. The third-order valence-electron chi connectivity index (χ3n) is 3.58. The van der Waals surface area contributed by atoms with Crippen molar-refractivity contribution >= 4 is 11.3 Å². The lowest BCUT2D eigenvalue weighted by Crippen LogP contribution is -2.38. The summed E-state index contributed by atoms with van der Waals surface area (Å²) in [6.07, 6.45) is 1.30. The molecule has 114 valence electrons. The lowest BCUT2D eigenvalue weighted by Gasteiger charge is -2.31. The van der Waals surface area contributed by atoms with E-state index in [4.69, 9.17) is 15.5 Å². The molecule has 1 aromatic heterocycles. The fraction of sp³-hybridized carbons (Fsp3) is 0.800. The van der Waals surface area contributed by atoms with Crippen molar-refractivity contribution in [1.29, 1.82) is 0 Å². The largest absolute Gasteiger partial charge is 0.368 e. The molecular formula is C15H27N3OS. The molecule has 1 aliphatic rings. The third kappa shape index (κ3) is 3.58. The van der Waals surface area contributed by atoms with Crippen molar-refractivity contribution in [3.63, 3.8) is 0 Å². The standard InChI is InChI=1S/C15H27N3OS/c1-5-6-18-7-8-19-11(10-18)14-17-13(15(2,3)4)12(9-16)20-14/h11H,5-10,16H2,1-4H3. The summed E-state index contributed by atoms with van der Waals surface area (Å²) in [5.41, 5.74) is 7.06. The number of nitrogens with zero attached hydrogens (tertiary/aromatic N) is 2. The van der Waals surface area contributed by atoms with E-state index in [0.717, 1.165) is 36.9 Å². The van der Waals surface area contributed by atoms with E-state index in [1.807, 2.05) is 0 Å². The molecule has 1 fully saturated rings. The van der Waals surface area contributed by atoms with Crippen molar-refractivity contribution in [2.75, 3.05) is 26.2 Å². The van der Waals surface area contributed by atoms with Crippen LogP contribution in [0, 0.1) is 0 Å². The van der Waals surface area contributed by atoms with Crippen LogP contribution in [0.5, 0.6) is 0 Å². The molecule has 1 atom stereocenters. The molecule has 0 spiro atoms. The summed E-state index contributed by atoms with van der Waals surface area (Å²) in [6.45, 7) is 13.3. The van der Waals surface area contributed by atoms with Gasteiger partial charge >= 0.3 is 0 Å². The molecule has 5 heteroatoms. The summed E-state index contributed by atoms with van der Waals surface area (Å²) in [6, 6.07) is 0. The Morgan fingerprint density at radius 2 is 2.20 bits per heavy atom. The first-order valence-corrected chi connectivity index (χ1v) is 8.31. The first-order valence-electron chi connectivity index (χ1n) is 7.49. The summed E-state index contributed by atoms with van der Waals surface area (Å²) >= 11 is 1.73.